The van der Waals surface area contributed by atoms with Crippen LogP contribution < -0.4 is 5.32 Å². The summed E-state index contributed by atoms with van der Waals surface area (Å²) >= 11 is 0. The number of rotatable bonds is 4. The predicted octanol–water partition coefficient (Wildman–Crippen LogP) is 4.62. The summed E-state index contributed by atoms with van der Waals surface area (Å²) in [5, 5.41) is 3.68. The molecule has 0 bridgehead atoms. The van der Waals surface area contributed by atoms with Crippen molar-refractivity contribution in [2.45, 2.75) is 59.5 Å². The lowest BCUT2D eigenvalue weighted by Gasteiger charge is -2.20. The number of nitrogens with zero attached hydrogens (tertiary/aromatic N) is 1. The Morgan fingerprint density at radius 2 is 1.95 bits per heavy atom. The van der Waals surface area contributed by atoms with E-state index in [2.05, 4.69) is 54.9 Å². The summed E-state index contributed by atoms with van der Waals surface area (Å²) in [6.07, 6.45) is 5.14. The maximum atomic E-state index is 3.68. The smallest absolute Gasteiger partial charge is 0.0418 e. The van der Waals surface area contributed by atoms with Gasteiger partial charge in [0.05, 0.1) is 0 Å². The van der Waals surface area contributed by atoms with Gasteiger partial charge >= 0.3 is 0 Å². The number of aromatic nitrogens is 1. The zero-order valence-corrected chi connectivity index (χ0v) is 13.5. The molecule has 3 rings (SSSR count). The second kappa shape index (κ2) is 5.97. The highest BCUT2D eigenvalue weighted by atomic mass is 15.0. The molecule has 2 nitrogen and oxygen atoms in total. The Labute approximate surface area is 128 Å². The van der Waals surface area contributed by atoms with Crippen LogP contribution in [0.1, 0.15) is 47.8 Å². The standard InChI is InChI=1S/C19H26N2/c1-4-21-14(2)12-17(15(21)3)13-20-19-11-7-9-16-8-5-6-10-18(16)19/h7,9,11-12,20H,4-6,8,10,13H2,1-3H3. The van der Waals surface area contributed by atoms with Crippen molar-refractivity contribution in [3.63, 3.8) is 0 Å². The van der Waals surface area contributed by atoms with Crippen LogP contribution in [0.25, 0.3) is 0 Å². The molecule has 2 heteroatoms. The third-order valence-electron chi connectivity index (χ3n) is 4.86. The van der Waals surface area contributed by atoms with Crippen molar-refractivity contribution in [1.82, 2.24) is 4.57 Å². The lowest BCUT2D eigenvalue weighted by Crippen LogP contribution is -2.09. The first-order valence-corrected chi connectivity index (χ1v) is 8.21. The molecular formula is C19H26N2. The molecule has 0 saturated heterocycles. The summed E-state index contributed by atoms with van der Waals surface area (Å²) in [6.45, 7) is 8.62. The Morgan fingerprint density at radius 1 is 1.14 bits per heavy atom. The zero-order chi connectivity index (χ0) is 14.8. The van der Waals surface area contributed by atoms with Crippen LogP contribution in [0.5, 0.6) is 0 Å². The number of aryl methyl sites for hydroxylation is 2. The van der Waals surface area contributed by atoms with Gasteiger partial charge in [-0.1, -0.05) is 12.1 Å². The van der Waals surface area contributed by atoms with Crippen molar-refractivity contribution in [3.05, 3.63) is 52.3 Å². The molecule has 0 saturated carbocycles. The van der Waals surface area contributed by atoms with Gasteiger partial charge in [0.25, 0.3) is 0 Å². The van der Waals surface area contributed by atoms with Gasteiger partial charge in [-0.25, -0.2) is 0 Å². The molecule has 112 valence electrons. The van der Waals surface area contributed by atoms with Crippen LogP contribution in [-0.2, 0) is 25.9 Å². The minimum Gasteiger partial charge on any atom is -0.381 e. The monoisotopic (exact) mass is 282 g/mol. The van der Waals surface area contributed by atoms with Gasteiger partial charge in [0.1, 0.15) is 0 Å². The molecule has 21 heavy (non-hydrogen) atoms. The number of fused-ring (bicyclic) bond motifs is 1. The molecule has 1 aliphatic rings. The summed E-state index contributed by atoms with van der Waals surface area (Å²) < 4.78 is 2.39. The van der Waals surface area contributed by atoms with Crippen LogP contribution in [0.4, 0.5) is 5.69 Å². The molecule has 1 heterocycles. The fraction of sp³-hybridized carbons (Fsp3) is 0.474. The second-order valence-corrected chi connectivity index (χ2v) is 6.14. The minimum absolute atomic E-state index is 0.927. The molecule has 0 fully saturated rings. The molecule has 0 amide bonds. The molecule has 0 atom stereocenters. The van der Waals surface area contributed by atoms with Gasteiger partial charge in [-0.05, 0) is 75.3 Å². The number of hydrogen-bond acceptors (Lipinski definition) is 1. The van der Waals surface area contributed by atoms with E-state index in [-0.39, 0.29) is 0 Å². The summed E-state index contributed by atoms with van der Waals surface area (Å²) in [5.41, 5.74) is 8.61. The van der Waals surface area contributed by atoms with Crippen LogP contribution in [0.3, 0.4) is 0 Å². The summed E-state index contributed by atoms with van der Waals surface area (Å²) in [6, 6.07) is 9.05. The van der Waals surface area contributed by atoms with Crippen molar-refractivity contribution < 1.29 is 0 Å². The lowest BCUT2D eigenvalue weighted by atomic mass is 9.90. The lowest BCUT2D eigenvalue weighted by molar-refractivity contribution is 0.686. The summed E-state index contributed by atoms with van der Waals surface area (Å²) in [7, 11) is 0. The minimum atomic E-state index is 0.927. The van der Waals surface area contributed by atoms with Crippen LogP contribution in [0.15, 0.2) is 24.3 Å². The van der Waals surface area contributed by atoms with Gasteiger partial charge in [-0.15, -0.1) is 0 Å². The molecular weight excluding hydrogens is 256 g/mol. The van der Waals surface area contributed by atoms with Gasteiger partial charge in [0.15, 0.2) is 0 Å². The Balaban J connectivity index is 1.79. The van der Waals surface area contributed by atoms with Crippen LogP contribution in [-0.4, -0.2) is 4.57 Å². The van der Waals surface area contributed by atoms with E-state index in [4.69, 9.17) is 0 Å². The Hall–Kier alpha value is -1.70. The average molecular weight is 282 g/mol. The topological polar surface area (TPSA) is 17.0 Å². The maximum Gasteiger partial charge on any atom is 0.0418 e. The molecule has 0 radical (unpaired) electrons. The molecule has 2 aromatic rings. The molecule has 0 unspecified atom stereocenters. The molecule has 1 aromatic carbocycles. The van der Waals surface area contributed by atoms with E-state index in [9.17, 15) is 0 Å². The zero-order valence-electron chi connectivity index (χ0n) is 13.5. The molecule has 0 aliphatic heterocycles. The molecule has 1 aromatic heterocycles. The van der Waals surface area contributed by atoms with E-state index in [0.29, 0.717) is 0 Å². The first-order valence-electron chi connectivity index (χ1n) is 8.21. The van der Waals surface area contributed by atoms with E-state index >= 15 is 0 Å². The normalized spacial score (nSPS) is 14.0. The highest BCUT2D eigenvalue weighted by Gasteiger charge is 2.13. The van der Waals surface area contributed by atoms with E-state index in [1.54, 1.807) is 11.1 Å². The first-order chi connectivity index (χ1) is 10.2. The number of nitrogens with one attached hydrogen (secondary N) is 1. The summed E-state index contributed by atoms with van der Waals surface area (Å²) in [5.74, 6) is 0. The van der Waals surface area contributed by atoms with Crippen LogP contribution in [0, 0.1) is 13.8 Å². The van der Waals surface area contributed by atoms with Gasteiger partial charge in [-0.3, -0.25) is 0 Å². The van der Waals surface area contributed by atoms with Crippen molar-refractivity contribution in [2.75, 3.05) is 5.32 Å². The number of anilines is 1. The fourth-order valence-corrected chi connectivity index (χ4v) is 3.68. The second-order valence-electron chi connectivity index (χ2n) is 6.14. The third-order valence-corrected chi connectivity index (χ3v) is 4.86. The van der Waals surface area contributed by atoms with Gasteiger partial charge in [0, 0.05) is 30.2 Å². The van der Waals surface area contributed by atoms with Crippen LogP contribution in [0.2, 0.25) is 0 Å². The first kappa shape index (κ1) is 14.2. The predicted molar refractivity (Wildman–Crippen MR) is 90.0 cm³/mol. The fourth-order valence-electron chi connectivity index (χ4n) is 3.68. The maximum absolute atomic E-state index is 3.68. The summed E-state index contributed by atoms with van der Waals surface area (Å²) in [4.78, 5) is 0. The molecule has 1 aliphatic carbocycles. The van der Waals surface area contributed by atoms with Crippen LogP contribution >= 0.6 is 0 Å². The molecule has 0 spiro atoms. The third kappa shape index (κ3) is 2.72. The quantitative estimate of drug-likeness (QED) is 0.866. The average Bonchev–Trinajstić information content (AvgIpc) is 2.78. The van der Waals surface area contributed by atoms with E-state index < -0.39 is 0 Å². The van der Waals surface area contributed by atoms with Crippen molar-refractivity contribution in [1.29, 1.82) is 0 Å². The highest BCUT2D eigenvalue weighted by molar-refractivity contribution is 5.56. The van der Waals surface area contributed by atoms with Crippen molar-refractivity contribution in [2.24, 2.45) is 0 Å². The SMILES string of the molecule is CCn1c(C)cc(CNc2cccc3c2CCCC3)c1C. The Kier molecular flexibility index (Phi) is 4.05. The van der Waals surface area contributed by atoms with Crippen molar-refractivity contribution in [3.8, 4) is 0 Å². The van der Waals surface area contributed by atoms with Gasteiger partial charge in [0.2, 0.25) is 0 Å². The Morgan fingerprint density at radius 3 is 2.71 bits per heavy atom. The number of benzene rings is 1. The van der Waals surface area contributed by atoms with E-state index in [1.165, 1.54) is 48.3 Å². The van der Waals surface area contributed by atoms with Gasteiger partial charge in [-0.2, -0.15) is 0 Å². The number of hydrogen-bond donors (Lipinski definition) is 1. The Bertz CT molecular complexity index is 637. The van der Waals surface area contributed by atoms with E-state index in [0.717, 1.165) is 13.1 Å². The van der Waals surface area contributed by atoms with E-state index in [1.807, 2.05) is 0 Å². The van der Waals surface area contributed by atoms with Gasteiger partial charge < -0.3 is 9.88 Å². The largest absolute Gasteiger partial charge is 0.381 e. The molecule has 1 N–H and O–H groups in total. The highest BCUT2D eigenvalue weighted by Crippen LogP contribution is 2.28. The van der Waals surface area contributed by atoms with Crippen molar-refractivity contribution >= 4 is 5.69 Å².